The minimum Gasteiger partial charge on any atom is -0.326 e. The molecule has 0 bridgehead atoms. The van der Waals surface area contributed by atoms with E-state index in [0.717, 1.165) is 4.88 Å². The van der Waals surface area contributed by atoms with Gasteiger partial charge in [0.05, 0.1) is 15.1 Å². The summed E-state index contributed by atoms with van der Waals surface area (Å²) >= 11 is 4.28. The monoisotopic (exact) mass is 364 g/mol. The molecule has 2 rings (SSSR count). The highest BCUT2D eigenvalue weighted by molar-refractivity contribution is 9.10. The van der Waals surface area contributed by atoms with Crippen LogP contribution in [0.1, 0.15) is 4.88 Å². The van der Waals surface area contributed by atoms with Gasteiger partial charge in [-0.1, -0.05) is 0 Å². The first-order chi connectivity index (χ1) is 8.92. The summed E-state index contributed by atoms with van der Waals surface area (Å²) in [4.78, 5) is 0.930. The van der Waals surface area contributed by atoms with Crippen molar-refractivity contribution in [3.63, 3.8) is 0 Å². The van der Waals surface area contributed by atoms with Gasteiger partial charge in [-0.05, 0) is 40.2 Å². The minimum absolute atomic E-state index is 0.151. The van der Waals surface area contributed by atoms with Gasteiger partial charge in [0, 0.05) is 16.8 Å². The van der Waals surface area contributed by atoms with Gasteiger partial charge in [-0.25, -0.2) is 12.8 Å². The number of hydrogen-bond acceptors (Lipinski definition) is 4. The van der Waals surface area contributed by atoms with Crippen molar-refractivity contribution in [3.8, 4) is 0 Å². The van der Waals surface area contributed by atoms with Crippen molar-refractivity contribution in [1.82, 2.24) is 0 Å². The Kier molecular flexibility index (Phi) is 4.24. The Balaban J connectivity index is 2.28. The SMILES string of the molecule is NCc1cc(S(=O)(=O)Nc2ccc(F)c(Br)c2)cs1. The average Bonchev–Trinajstić information content (AvgIpc) is 2.83. The Morgan fingerprint density at radius 2 is 2.11 bits per heavy atom. The maximum absolute atomic E-state index is 13.1. The molecule has 0 radical (unpaired) electrons. The summed E-state index contributed by atoms with van der Waals surface area (Å²) in [5, 5.41) is 1.52. The number of anilines is 1. The number of halogens is 2. The van der Waals surface area contributed by atoms with Crippen molar-refractivity contribution in [2.24, 2.45) is 5.73 Å². The lowest BCUT2D eigenvalue weighted by Crippen LogP contribution is -2.12. The molecular weight excluding hydrogens is 355 g/mol. The first-order valence-corrected chi connectivity index (χ1v) is 8.33. The smallest absolute Gasteiger partial charge is 0.262 e. The van der Waals surface area contributed by atoms with Crippen LogP contribution in [0, 0.1) is 5.82 Å². The summed E-state index contributed by atoms with van der Waals surface area (Å²) in [6.45, 7) is 0.294. The van der Waals surface area contributed by atoms with Gasteiger partial charge in [-0.2, -0.15) is 0 Å². The number of nitrogens with two attached hydrogens (primary N) is 1. The molecule has 0 spiro atoms. The Morgan fingerprint density at radius 1 is 1.37 bits per heavy atom. The zero-order valence-corrected chi connectivity index (χ0v) is 12.8. The quantitative estimate of drug-likeness (QED) is 0.875. The lowest BCUT2D eigenvalue weighted by atomic mass is 10.3. The Morgan fingerprint density at radius 3 is 2.68 bits per heavy atom. The minimum atomic E-state index is -3.67. The van der Waals surface area contributed by atoms with Crippen LogP contribution in [-0.4, -0.2) is 8.42 Å². The van der Waals surface area contributed by atoms with Crippen LogP contribution in [0.3, 0.4) is 0 Å². The number of sulfonamides is 1. The van der Waals surface area contributed by atoms with Crippen LogP contribution in [0.2, 0.25) is 0 Å². The zero-order valence-electron chi connectivity index (χ0n) is 9.56. The Bertz CT molecular complexity index is 700. The number of benzene rings is 1. The summed E-state index contributed by atoms with van der Waals surface area (Å²) in [6.07, 6.45) is 0. The normalized spacial score (nSPS) is 11.5. The van der Waals surface area contributed by atoms with E-state index in [4.69, 9.17) is 5.73 Å². The number of rotatable bonds is 4. The van der Waals surface area contributed by atoms with Gasteiger partial charge < -0.3 is 5.73 Å². The lowest BCUT2D eigenvalue weighted by Gasteiger charge is -2.07. The van der Waals surface area contributed by atoms with E-state index in [9.17, 15) is 12.8 Å². The molecule has 4 nitrogen and oxygen atoms in total. The van der Waals surface area contributed by atoms with E-state index in [1.807, 2.05) is 0 Å². The van der Waals surface area contributed by atoms with Crippen LogP contribution >= 0.6 is 27.3 Å². The molecule has 0 saturated carbocycles. The molecule has 1 aromatic heterocycles. The van der Waals surface area contributed by atoms with Gasteiger partial charge in [-0.3, -0.25) is 4.72 Å². The molecule has 1 heterocycles. The summed E-state index contributed by atoms with van der Waals surface area (Å²) in [6, 6.07) is 5.42. The molecule has 0 saturated heterocycles. The molecule has 1 aromatic carbocycles. The topological polar surface area (TPSA) is 72.2 Å². The number of nitrogens with one attached hydrogen (secondary N) is 1. The standard InChI is InChI=1S/C11H10BrFN2O2S2/c12-10-3-7(1-2-11(10)13)15-19(16,17)9-4-8(5-14)18-6-9/h1-4,6,15H,5,14H2. The predicted octanol–water partition coefficient (Wildman–Crippen LogP) is 2.91. The molecule has 0 unspecified atom stereocenters. The highest BCUT2D eigenvalue weighted by atomic mass is 79.9. The van der Waals surface area contributed by atoms with E-state index in [1.54, 1.807) is 0 Å². The molecule has 0 amide bonds. The van der Waals surface area contributed by atoms with Gasteiger partial charge in [-0.15, -0.1) is 11.3 Å². The first kappa shape index (κ1) is 14.4. The van der Waals surface area contributed by atoms with Crippen molar-refractivity contribution < 1.29 is 12.8 Å². The van der Waals surface area contributed by atoms with E-state index in [-0.39, 0.29) is 15.1 Å². The van der Waals surface area contributed by atoms with Gasteiger partial charge in [0.15, 0.2) is 0 Å². The first-order valence-electron chi connectivity index (χ1n) is 5.18. The third-order valence-electron chi connectivity index (χ3n) is 2.31. The van der Waals surface area contributed by atoms with Crippen LogP contribution in [0.25, 0.3) is 0 Å². The molecular formula is C11H10BrFN2O2S2. The van der Waals surface area contributed by atoms with E-state index in [1.165, 1.54) is 41.0 Å². The Labute approximate surface area is 122 Å². The maximum Gasteiger partial charge on any atom is 0.262 e. The maximum atomic E-state index is 13.1. The third-order valence-corrected chi connectivity index (χ3v) is 5.39. The van der Waals surface area contributed by atoms with Crippen LogP contribution in [-0.2, 0) is 16.6 Å². The second-order valence-corrected chi connectivity index (χ2v) is 7.22. The largest absolute Gasteiger partial charge is 0.326 e. The second-order valence-electron chi connectivity index (χ2n) is 3.69. The van der Waals surface area contributed by atoms with Crippen molar-refractivity contribution in [2.45, 2.75) is 11.4 Å². The lowest BCUT2D eigenvalue weighted by molar-refractivity contribution is 0.601. The highest BCUT2D eigenvalue weighted by Crippen LogP contribution is 2.24. The van der Waals surface area contributed by atoms with E-state index >= 15 is 0 Å². The number of hydrogen-bond donors (Lipinski definition) is 2. The molecule has 0 atom stereocenters. The van der Waals surface area contributed by atoms with Crippen molar-refractivity contribution >= 4 is 43.0 Å². The fourth-order valence-electron chi connectivity index (χ4n) is 1.38. The van der Waals surface area contributed by atoms with E-state index in [2.05, 4.69) is 20.7 Å². The number of thiophene rings is 1. The second kappa shape index (κ2) is 5.58. The van der Waals surface area contributed by atoms with Crippen LogP contribution in [0.5, 0.6) is 0 Å². The van der Waals surface area contributed by atoms with Gasteiger partial charge in [0.25, 0.3) is 10.0 Å². The van der Waals surface area contributed by atoms with Gasteiger partial charge in [0.1, 0.15) is 5.82 Å². The zero-order chi connectivity index (χ0) is 14.0. The van der Waals surface area contributed by atoms with Gasteiger partial charge >= 0.3 is 0 Å². The van der Waals surface area contributed by atoms with E-state index in [0.29, 0.717) is 6.54 Å². The molecule has 3 N–H and O–H groups in total. The Hall–Kier alpha value is -0.960. The van der Waals surface area contributed by atoms with Crippen molar-refractivity contribution in [2.75, 3.05) is 4.72 Å². The summed E-state index contributed by atoms with van der Waals surface area (Å²) in [7, 11) is -3.67. The summed E-state index contributed by atoms with van der Waals surface area (Å²) in [5.74, 6) is -0.455. The third kappa shape index (κ3) is 3.33. The highest BCUT2D eigenvalue weighted by Gasteiger charge is 2.16. The van der Waals surface area contributed by atoms with Crippen LogP contribution in [0.15, 0.2) is 39.0 Å². The van der Waals surface area contributed by atoms with Crippen LogP contribution in [0.4, 0.5) is 10.1 Å². The molecule has 8 heteroatoms. The van der Waals surface area contributed by atoms with Gasteiger partial charge in [0.2, 0.25) is 0 Å². The molecule has 0 fully saturated rings. The molecule has 0 aliphatic carbocycles. The molecule has 0 aliphatic rings. The predicted molar refractivity (Wildman–Crippen MR) is 77.1 cm³/mol. The average molecular weight is 365 g/mol. The fraction of sp³-hybridized carbons (Fsp3) is 0.0909. The molecule has 19 heavy (non-hydrogen) atoms. The molecule has 2 aromatic rings. The van der Waals surface area contributed by atoms with E-state index < -0.39 is 15.8 Å². The van der Waals surface area contributed by atoms with Crippen LogP contribution < -0.4 is 10.5 Å². The summed E-state index contributed by atoms with van der Waals surface area (Å²) in [5.41, 5.74) is 5.73. The fourth-order valence-corrected chi connectivity index (χ4v) is 3.97. The van der Waals surface area contributed by atoms with Crippen molar-refractivity contribution in [3.05, 3.63) is 44.8 Å². The van der Waals surface area contributed by atoms with Crippen molar-refractivity contribution in [1.29, 1.82) is 0 Å². The molecule has 102 valence electrons. The summed E-state index contributed by atoms with van der Waals surface area (Å²) < 4.78 is 39.8. The molecule has 0 aliphatic heterocycles.